The highest BCUT2D eigenvalue weighted by Gasteiger charge is 2.18. The maximum Gasteiger partial charge on any atom is 0.228 e. The zero-order valence-electron chi connectivity index (χ0n) is 9.37. The second-order valence-electron chi connectivity index (χ2n) is 4.28. The third-order valence-electron chi connectivity index (χ3n) is 3.01. The first-order valence-corrected chi connectivity index (χ1v) is 5.17. The molecule has 0 aromatic heterocycles. The maximum atomic E-state index is 11.2. The van der Waals surface area contributed by atoms with Crippen LogP contribution in [0.5, 0.6) is 0 Å². The van der Waals surface area contributed by atoms with E-state index in [1.165, 1.54) is 5.56 Å². The average Bonchev–Trinajstić information content (AvgIpc) is 2.55. The molecular formula is C12H16N2O. The number of rotatable bonds is 2. The van der Waals surface area contributed by atoms with Gasteiger partial charge in [-0.05, 0) is 38.2 Å². The summed E-state index contributed by atoms with van der Waals surface area (Å²) in [6.45, 7) is 2.16. The largest absolute Gasteiger partial charge is 0.326 e. The highest BCUT2D eigenvalue weighted by atomic mass is 16.1. The number of anilines is 1. The van der Waals surface area contributed by atoms with E-state index in [0.717, 1.165) is 11.3 Å². The van der Waals surface area contributed by atoms with E-state index in [1.54, 1.807) is 0 Å². The fourth-order valence-corrected chi connectivity index (χ4v) is 1.81. The number of carbonyl (C=O) groups excluding carboxylic acids is 1. The van der Waals surface area contributed by atoms with Crippen LogP contribution < -0.4 is 5.32 Å². The van der Waals surface area contributed by atoms with Crippen molar-refractivity contribution in [2.24, 2.45) is 0 Å². The van der Waals surface area contributed by atoms with Gasteiger partial charge in [-0.2, -0.15) is 0 Å². The lowest BCUT2D eigenvalue weighted by molar-refractivity contribution is -0.115. The minimum absolute atomic E-state index is 0.0969. The molecule has 0 fully saturated rings. The van der Waals surface area contributed by atoms with Crippen LogP contribution in [-0.2, 0) is 11.2 Å². The molecule has 0 radical (unpaired) electrons. The normalized spacial score (nSPS) is 16.4. The lowest BCUT2D eigenvalue weighted by atomic mass is 10.0. The van der Waals surface area contributed by atoms with Gasteiger partial charge in [0.15, 0.2) is 0 Å². The van der Waals surface area contributed by atoms with Crippen LogP contribution >= 0.6 is 0 Å². The molecule has 1 aromatic rings. The summed E-state index contributed by atoms with van der Waals surface area (Å²) in [5.74, 6) is 0.0969. The summed E-state index contributed by atoms with van der Waals surface area (Å²) >= 11 is 0. The summed E-state index contributed by atoms with van der Waals surface area (Å²) in [5.41, 5.74) is 3.34. The predicted octanol–water partition coefficient (Wildman–Crippen LogP) is 1.80. The summed E-state index contributed by atoms with van der Waals surface area (Å²) in [4.78, 5) is 13.4. The Bertz CT molecular complexity index is 399. The van der Waals surface area contributed by atoms with Gasteiger partial charge >= 0.3 is 0 Å². The quantitative estimate of drug-likeness (QED) is 0.796. The zero-order valence-corrected chi connectivity index (χ0v) is 9.37. The van der Waals surface area contributed by atoms with Gasteiger partial charge in [-0.25, -0.2) is 0 Å². The molecule has 1 unspecified atom stereocenters. The van der Waals surface area contributed by atoms with Crippen molar-refractivity contribution in [2.45, 2.75) is 19.4 Å². The van der Waals surface area contributed by atoms with Gasteiger partial charge < -0.3 is 10.2 Å². The molecule has 0 bridgehead atoms. The molecule has 0 aliphatic carbocycles. The first-order valence-electron chi connectivity index (χ1n) is 5.17. The first kappa shape index (κ1) is 10.2. The third kappa shape index (κ3) is 1.88. The van der Waals surface area contributed by atoms with E-state index in [2.05, 4.69) is 43.4 Å². The molecular weight excluding hydrogens is 188 g/mol. The summed E-state index contributed by atoms with van der Waals surface area (Å²) in [6.07, 6.45) is 0.517. The molecule has 1 heterocycles. The standard InChI is InChI=1S/C12H16N2O/c1-8(14(2)3)9-4-5-11-10(6-9)7-12(15)13-11/h4-6,8H,7H2,1-3H3,(H,13,15). The van der Waals surface area contributed by atoms with E-state index in [0.29, 0.717) is 12.5 Å². The van der Waals surface area contributed by atoms with E-state index in [9.17, 15) is 4.79 Å². The molecule has 0 saturated heterocycles. The Morgan fingerprint density at radius 2 is 2.13 bits per heavy atom. The Hall–Kier alpha value is -1.35. The van der Waals surface area contributed by atoms with Gasteiger partial charge in [-0.3, -0.25) is 4.79 Å². The minimum Gasteiger partial charge on any atom is -0.326 e. The van der Waals surface area contributed by atoms with Crippen molar-refractivity contribution >= 4 is 11.6 Å². The number of hydrogen-bond donors (Lipinski definition) is 1. The van der Waals surface area contributed by atoms with Crippen LogP contribution in [0.4, 0.5) is 5.69 Å². The van der Waals surface area contributed by atoms with Crippen molar-refractivity contribution in [1.29, 1.82) is 0 Å². The van der Waals surface area contributed by atoms with Crippen LogP contribution in [0.3, 0.4) is 0 Å². The highest BCUT2D eigenvalue weighted by Crippen LogP contribution is 2.27. The Kier molecular flexibility index (Phi) is 2.49. The van der Waals surface area contributed by atoms with E-state index >= 15 is 0 Å². The van der Waals surface area contributed by atoms with Crippen molar-refractivity contribution < 1.29 is 4.79 Å². The molecule has 1 aliphatic rings. The third-order valence-corrected chi connectivity index (χ3v) is 3.01. The highest BCUT2D eigenvalue weighted by molar-refractivity contribution is 5.99. The van der Waals surface area contributed by atoms with Gasteiger partial charge in [0.1, 0.15) is 0 Å². The Morgan fingerprint density at radius 3 is 2.80 bits per heavy atom. The van der Waals surface area contributed by atoms with Crippen molar-refractivity contribution in [3.8, 4) is 0 Å². The number of fused-ring (bicyclic) bond motifs is 1. The van der Waals surface area contributed by atoms with Gasteiger partial charge in [0.05, 0.1) is 6.42 Å². The molecule has 1 amide bonds. The van der Waals surface area contributed by atoms with E-state index in [1.807, 2.05) is 6.07 Å². The van der Waals surface area contributed by atoms with Gasteiger partial charge in [0, 0.05) is 11.7 Å². The average molecular weight is 204 g/mol. The summed E-state index contributed by atoms with van der Waals surface area (Å²) in [5, 5.41) is 2.84. The van der Waals surface area contributed by atoms with Crippen molar-refractivity contribution in [2.75, 3.05) is 19.4 Å². The molecule has 3 nitrogen and oxygen atoms in total. The monoisotopic (exact) mass is 204 g/mol. The number of amides is 1. The lowest BCUT2D eigenvalue weighted by Gasteiger charge is -2.20. The van der Waals surface area contributed by atoms with E-state index in [-0.39, 0.29) is 5.91 Å². The fraction of sp³-hybridized carbons (Fsp3) is 0.417. The summed E-state index contributed by atoms with van der Waals surface area (Å²) < 4.78 is 0. The molecule has 2 rings (SSSR count). The van der Waals surface area contributed by atoms with Gasteiger partial charge in [0.2, 0.25) is 5.91 Å². The second kappa shape index (κ2) is 3.66. The molecule has 80 valence electrons. The van der Waals surface area contributed by atoms with Gasteiger partial charge in [-0.15, -0.1) is 0 Å². The second-order valence-corrected chi connectivity index (χ2v) is 4.28. The summed E-state index contributed by atoms with van der Waals surface area (Å²) in [7, 11) is 4.11. The van der Waals surface area contributed by atoms with Gasteiger partial charge in [0.25, 0.3) is 0 Å². The summed E-state index contributed by atoms with van der Waals surface area (Å²) in [6, 6.07) is 6.58. The number of nitrogens with zero attached hydrogens (tertiary/aromatic N) is 1. The molecule has 1 N–H and O–H groups in total. The van der Waals surface area contributed by atoms with Crippen LogP contribution in [0.15, 0.2) is 18.2 Å². The number of benzene rings is 1. The zero-order chi connectivity index (χ0) is 11.0. The van der Waals surface area contributed by atoms with Crippen molar-refractivity contribution in [3.63, 3.8) is 0 Å². The molecule has 0 saturated carbocycles. The lowest BCUT2D eigenvalue weighted by Crippen LogP contribution is -2.16. The topological polar surface area (TPSA) is 32.3 Å². The van der Waals surface area contributed by atoms with E-state index < -0.39 is 0 Å². The molecule has 15 heavy (non-hydrogen) atoms. The first-order chi connectivity index (χ1) is 7.08. The van der Waals surface area contributed by atoms with Crippen LogP contribution in [0, 0.1) is 0 Å². The number of nitrogens with one attached hydrogen (secondary N) is 1. The molecule has 1 aliphatic heterocycles. The van der Waals surface area contributed by atoms with Crippen molar-refractivity contribution in [1.82, 2.24) is 4.90 Å². The smallest absolute Gasteiger partial charge is 0.228 e. The van der Waals surface area contributed by atoms with Crippen LogP contribution in [0.25, 0.3) is 0 Å². The fourth-order valence-electron chi connectivity index (χ4n) is 1.81. The number of hydrogen-bond acceptors (Lipinski definition) is 2. The number of carbonyl (C=O) groups is 1. The Morgan fingerprint density at radius 1 is 1.40 bits per heavy atom. The van der Waals surface area contributed by atoms with Crippen LogP contribution in [0.2, 0.25) is 0 Å². The predicted molar refractivity (Wildman–Crippen MR) is 60.9 cm³/mol. The molecule has 3 heteroatoms. The Balaban J connectivity index is 2.31. The molecule has 1 atom stereocenters. The SMILES string of the molecule is CC(c1ccc2c(c1)CC(=O)N2)N(C)C. The Labute approximate surface area is 90.1 Å². The maximum absolute atomic E-state index is 11.2. The van der Waals surface area contributed by atoms with E-state index in [4.69, 9.17) is 0 Å². The van der Waals surface area contributed by atoms with Crippen molar-refractivity contribution in [3.05, 3.63) is 29.3 Å². The van der Waals surface area contributed by atoms with Crippen LogP contribution in [0.1, 0.15) is 24.1 Å². The molecule has 0 spiro atoms. The minimum atomic E-state index is 0.0969. The van der Waals surface area contributed by atoms with Crippen LogP contribution in [-0.4, -0.2) is 24.9 Å². The van der Waals surface area contributed by atoms with Gasteiger partial charge in [-0.1, -0.05) is 12.1 Å². The molecule has 1 aromatic carbocycles.